The Morgan fingerprint density at radius 3 is 1.28 bits per heavy atom. The molecule has 0 saturated heterocycles. The summed E-state index contributed by atoms with van der Waals surface area (Å²) in [6.07, 6.45) is 28.2. The second-order valence-electron chi connectivity index (χ2n) is 11.4. The van der Waals surface area contributed by atoms with Gasteiger partial charge in [0.25, 0.3) is 0 Å². The number of quaternary nitrogens is 1. The number of rotatable bonds is 30. The normalized spacial score (nSPS) is 11.8. The minimum Gasteiger partial charge on any atom is -0.550 e. The molecule has 39 heavy (non-hydrogen) atoms. The van der Waals surface area contributed by atoms with Crippen LogP contribution in [-0.4, -0.2) is 58.8 Å². The zero-order valence-corrected chi connectivity index (χ0v) is 25.0. The van der Waals surface area contributed by atoms with Gasteiger partial charge in [-0.3, -0.25) is 9.59 Å². The topological polar surface area (TPSA) is 115 Å². The Hall–Kier alpha value is -1.89. The highest BCUT2D eigenvalue weighted by atomic mass is 16.4. The van der Waals surface area contributed by atoms with E-state index in [1.807, 2.05) is 0 Å². The van der Waals surface area contributed by atoms with Gasteiger partial charge in [0, 0.05) is 12.4 Å². The maximum atomic E-state index is 11.1. The average molecular weight is 554 g/mol. The molecule has 0 spiro atoms. The first-order valence-electron chi connectivity index (χ1n) is 15.9. The lowest BCUT2D eigenvalue weighted by Crippen LogP contribution is -2.53. The predicted molar refractivity (Wildman–Crippen MR) is 156 cm³/mol. The van der Waals surface area contributed by atoms with E-state index in [1.54, 1.807) is 0 Å². The van der Waals surface area contributed by atoms with Crippen LogP contribution in [-0.2, 0) is 14.4 Å². The standard InChI is InChI=1S/C32H59NO6/c1-2-3-4-5-6-7-8-9-10-11-12-13-14-15-16-17-18-19-20-21-22-26-33(27-23-30(34)35,28-24-31(36)37)29-25-32(38)39/h11-12H,2-10,13-29H2,1H3,(H2-,34,35,36,37,38,39)/b12-11+. The van der Waals surface area contributed by atoms with Crippen molar-refractivity contribution in [3.8, 4) is 0 Å². The number of carbonyl (C=O) groups excluding carboxylic acids is 1. The lowest BCUT2D eigenvalue weighted by molar-refractivity contribution is -0.927. The second-order valence-corrected chi connectivity index (χ2v) is 11.4. The van der Waals surface area contributed by atoms with Crippen molar-refractivity contribution in [2.75, 3.05) is 26.2 Å². The summed E-state index contributed by atoms with van der Waals surface area (Å²) in [5, 5.41) is 29.3. The molecule has 0 aliphatic carbocycles. The Bertz CT molecular complexity index is 603. The first-order chi connectivity index (χ1) is 18.8. The molecule has 0 unspecified atom stereocenters. The van der Waals surface area contributed by atoms with Crippen LogP contribution < -0.4 is 5.11 Å². The molecular weight excluding hydrogens is 494 g/mol. The van der Waals surface area contributed by atoms with Crippen LogP contribution in [0.2, 0.25) is 0 Å². The molecular formula is C32H59NO6. The molecule has 0 fully saturated rings. The van der Waals surface area contributed by atoms with Gasteiger partial charge < -0.3 is 24.6 Å². The van der Waals surface area contributed by atoms with Crippen molar-refractivity contribution in [2.45, 2.75) is 148 Å². The van der Waals surface area contributed by atoms with Crippen molar-refractivity contribution >= 4 is 17.9 Å². The number of hydrogen-bond donors (Lipinski definition) is 2. The zero-order chi connectivity index (χ0) is 29.0. The summed E-state index contributed by atoms with van der Waals surface area (Å²) in [5.41, 5.74) is 0. The molecule has 0 atom stereocenters. The van der Waals surface area contributed by atoms with Crippen molar-refractivity contribution in [3.63, 3.8) is 0 Å². The first-order valence-corrected chi connectivity index (χ1v) is 15.9. The monoisotopic (exact) mass is 553 g/mol. The lowest BCUT2D eigenvalue weighted by atomic mass is 10.1. The number of aliphatic carboxylic acids is 3. The Labute approximate surface area is 238 Å². The van der Waals surface area contributed by atoms with Crippen LogP contribution >= 0.6 is 0 Å². The molecule has 0 aliphatic rings. The third-order valence-corrected chi connectivity index (χ3v) is 7.78. The van der Waals surface area contributed by atoms with Crippen LogP contribution in [0.1, 0.15) is 148 Å². The zero-order valence-electron chi connectivity index (χ0n) is 25.0. The number of carbonyl (C=O) groups is 3. The van der Waals surface area contributed by atoms with E-state index in [0.29, 0.717) is 6.54 Å². The molecule has 2 N–H and O–H groups in total. The SMILES string of the molecule is CCCCCCCCCC/C=C/CCCCCCCCCCC[N+](CCC(=O)[O-])(CCC(=O)O)CCC(=O)O. The minimum absolute atomic E-state index is 0.0955. The number of allylic oxidation sites excluding steroid dienone is 2. The summed E-state index contributed by atoms with van der Waals surface area (Å²) in [4.78, 5) is 33.3. The van der Waals surface area contributed by atoms with E-state index in [0.717, 1.165) is 19.3 Å². The van der Waals surface area contributed by atoms with Crippen molar-refractivity contribution in [1.82, 2.24) is 0 Å². The van der Waals surface area contributed by atoms with Gasteiger partial charge in [0.05, 0.1) is 39.0 Å². The summed E-state index contributed by atoms with van der Waals surface area (Å²) in [7, 11) is 0. The number of unbranched alkanes of at least 4 members (excludes halogenated alkanes) is 17. The summed E-state index contributed by atoms with van der Waals surface area (Å²) in [6.45, 7) is 3.60. The molecule has 0 bridgehead atoms. The van der Waals surface area contributed by atoms with Crippen LogP contribution in [0.15, 0.2) is 12.2 Å². The van der Waals surface area contributed by atoms with Crippen LogP contribution in [0.4, 0.5) is 0 Å². The molecule has 0 aromatic rings. The third kappa shape index (κ3) is 26.1. The molecule has 0 rings (SSSR count). The highest BCUT2D eigenvalue weighted by Crippen LogP contribution is 2.17. The van der Waals surface area contributed by atoms with Gasteiger partial charge in [-0.05, 0) is 38.5 Å². The van der Waals surface area contributed by atoms with Gasteiger partial charge in [-0.2, -0.15) is 0 Å². The number of nitrogens with zero attached hydrogens (tertiary/aromatic N) is 1. The number of hydrogen-bond acceptors (Lipinski definition) is 4. The first kappa shape index (κ1) is 37.1. The Balaban J connectivity index is 3.88. The third-order valence-electron chi connectivity index (χ3n) is 7.78. The van der Waals surface area contributed by atoms with E-state index >= 15 is 0 Å². The maximum absolute atomic E-state index is 11.1. The summed E-state index contributed by atoms with van der Waals surface area (Å²) < 4.78 is 0.222. The molecule has 0 aromatic heterocycles. The number of carboxylic acids is 3. The summed E-state index contributed by atoms with van der Waals surface area (Å²) >= 11 is 0. The van der Waals surface area contributed by atoms with Crippen LogP contribution in [0.3, 0.4) is 0 Å². The Morgan fingerprint density at radius 2 is 0.897 bits per heavy atom. The fourth-order valence-corrected chi connectivity index (χ4v) is 5.24. The highest BCUT2D eigenvalue weighted by molar-refractivity contribution is 5.67. The van der Waals surface area contributed by atoms with Crippen molar-refractivity contribution < 1.29 is 34.2 Å². The second kappa shape index (κ2) is 26.3. The minimum atomic E-state index is -1.18. The van der Waals surface area contributed by atoms with Gasteiger partial charge in [0.2, 0.25) is 0 Å². The molecule has 7 heteroatoms. The lowest BCUT2D eigenvalue weighted by Gasteiger charge is -2.38. The molecule has 0 heterocycles. The van der Waals surface area contributed by atoms with Gasteiger partial charge in [0.15, 0.2) is 0 Å². The predicted octanol–water partition coefficient (Wildman–Crippen LogP) is 6.88. The van der Waals surface area contributed by atoms with Gasteiger partial charge >= 0.3 is 11.9 Å². The molecule has 7 nitrogen and oxygen atoms in total. The van der Waals surface area contributed by atoms with Gasteiger partial charge in [-0.15, -0.1) is 0 Å². The molecule has 0 aliphatic heterocycles. The van der Waals surface area contributed by atoms with Crippen molar-refractivity contribution in [3.05, 3.63) is 12.2 Å². The van der Waals surface area contributed by atoms with Crippen molar-refractivity contribution in [1.29, 1.82) is 0 Å². The van der Waals surface area contributed by atoms with E-state index in [-0.39, 0.29) is 43.4 Å². The average Bonchev–Trinajstić information content (AvgIpc) is 2.90. The highest BCUT2D eigenvalue weighted by Gasteiger charge is 2.28. The van der Waals surface area contributed by atoms with Crippen LogP contribution in [0.5, 0.6) is 0 Å². The largest absolute Gasteiger partial charge is 0.550 e. The number of carboxylic acid groups (broad SMARTS) is 3. The fourth-order valence-electron chi connectivity index (χ4n) is 5.24. The van der Waals surface area contributed by atoms with Crippen LogP contribution in [0.25, 0.3) is 0 Å². The molecule has 0 radical (unpaired) electrons. The molecule has 0 saturated carbocycles. The van der Waals surface area contributed by atoms with E-state index in [4.69, 9.17) is 10.2 Å². The maximum Gasteiger partial charge on any atom is 0.309 e. The van der Waals surface area contributed by atoms with E-state index in [9.17, 15) is 19.5 Å². The van der Waals surface area contributed by atoms with E-state index < -0.39 is 17.9 Å². The summed E-state index contributed by atoms with van der Waals surface area (Å²) in [5.74, 6) is -3.08. The molecule has 228 valence electrons. The smallest absolute Gasteiger partial charge is 0.309 e. The van der Waals surface area contributed by atoms with E-state index in [2.05, 4.69) is 19.1 Å². The Morgan fingerprint density at radius 1 is 0.538 bits per heavy atom. The van der Waals surface area contributed by atoms with Gasteiger partial charge in [0.1, 0.15) is 0 Å². The van der Waals surface area contributed by atoms with Gasteiger partial charge in [-0.25, -0.2) is 0 Å². The summed E-state index contributed by atoms with van der Waals surface area (Å²) in [6, 6.07) is 0. The van der Waals surface area contributed by atoms with Crippen LogP contribution in [0, 0.1) is 0 Å². The fraction of sp³-hybridized carbons (Fsp3) is 0.844. The molecule has 0 amide bonds. The quantitative estimate of drug-likeness (QED) is 0.0569. The van der Waals surface area contributed by atoms with Crippen molar-refractivity contribution in [2.24, 2.45) is 0 Å². The van der Waals surface area contributed by atoms with Gasteiger partial charge in [-0.1, -0.05) is 103 Å². The molecule has 0 aromatic carbocycles. The van der Waals surface area contributed by atoms with E-state index in [1.165, 1.54) is 103 Å². The Kier molecular flexibility index (Phi) is 25.1.